The van der Waals surface area contributed by atoms with E-state index in [1.165, 1.54) is 6.07 Å². The van der Waals surface area contributed by atoms with Crippen LogP contribution in [0, 0.1) is 17.1 Å². The monoisotopic (exact) mass is 360 g/mol. The van der Waals surface area contributed by atoms with Crippen LogP contribution in [-0.4, -0.2) is 15.6 Å². The summed E-state index contributed by atoms with van der Waals surface area (Å²) in [5, 5.41) is 18.6. The predicted molar refractivity (Wildman–Crippen MR) is 73.7 cm³/mol. The van der Waals surface area contributed by atoms with Gasteiger partial charge in [0.25, 0.3) is 5.92 Å². The molecule has 0 bridgehead atoms. The van der Waals surface area contributed by atoms with E-state index in [9.17, 15) is 31.4 Å². The minimum absolute atomic E-state index is 0.250. The first-order valence-corrected chi connectivity index (χ1v) is 7.14. The zero-order valence-electron chi connectivity index (χ0n) is 12.4. The summed E-state index contributed by atoms with van der Waals surface area (Å²) in [5.41, 5.74) is -3.42. The quantitative estimate of drug-likeness (QED) is 0.778. The molecule has 25 heavy (non-hydrogen) atoms. The summed E-state index contributed by atoms with van der Waals surface area (Å²) in [4.78, 5) is 0. The Morgan fingerprint density at radius 1 is 1.28 bits per heavy atom. The summed E-state index contributed by atoms with van der Waals surface area (Å²) in [6.07, 6.45) is -8.52. The van der Waals surface area contributed by atoms with E-state index in [0.717, 1.165) is 16.7 Å². The summed E-state index contributed by atoms with van der Waals surface area (Å²) in [7, 11) is 0. The number of fused-ring (bicyclic) bond motifs is 1. The maximum atomic E-state index is 14.3. The zero-order valence-corrected chi connectivity index (χ0v) is 12.4. The normalized spacial score (nSPS) is 19.4. The first kappa shape index (κ1) is 17.4. The standard InChI is InChI=1S/C16H10F6N2O/c17-13-8(6-23)2-1-3-11(13)24-7-9(16(20,21)22)12-10(24)4-5-15(18,19)14(12)25/h1-3,7,14,25H,4-5H2. The first-order chi connectivity index (χ1) is 11.6. The van der Waals surface area contributed by atoms with Gasteiger partial charge in [0.1, 0.15) is 12.2 Å². The van der Waals surface area contributed by atoms with E-state index in [1.807, 2.05) is 0 Å². The third-order valence-corrected chi connectivity index (χ3v) is 4.18. The van der Waals surface area contributed by atoms with Crippen LogP contribution < -0.4 is 0 Å². The molecule has 3 rings (SSSR count). The smallest absolute Gasteiger partial charge is 0.382 e. The van der Waals surface area contributed by atoms with Gasteiger partial charge in [0, 0.05) is 23.9 Å². The maximum absolute atomic E-state index is 14.3. The van der Waals surface area contributed by atoms with Gasteiger partial charge in [-0.15, -0.1) is 0 Å². The number of hydrogen-bond acceptors (Lipinski definition) is 2. The second-order valence-electron chi connectivity index (χ2n) is 5.68. The van der Waals surface area contributed by atoms with Crippen molar-refractivity contribution in [2.75, 3.05) is 0 Å². The largest absolute Gasteiger partial charge is 0.418 e. The minimum atomic E-state index is -5.01. The Morgan fingerprint density at radius 2 is 1.96 bits per heavy atom. The number of benzene rings is 1. The van der Waals surface area contributed by atoms with E-state index in [1.54, 1.807) is 6.07 Å². The average Bonchev–Trinajstić information content (AvgIpc) is 2.91. The van der Waals surface area contributed by atoms with E-state index >= 15 is 0 Å². The molecule has 0 saturated heterocycles. The molecule has 9 heteroatoms. The molecule has 1 aliphatic rings. The molecular formula is C16H10F6N2O. The van der Waals surface area contributed by atoms with Crippen molar-refractivity contribution in [3.8, 4) is 11.8 Å². The molecular weight excluding hydrogens is 350 g/mol. The molecule has 1 N–H and O–H groups in total. The molecule has 0 radical (unpaired) electrons. The van der Waals surface area contributed by atoms with Gasteiger partial charge in [-0.2, -0.15) is 18.4 Å². The van der Waals surface area contributed by atoms with Crippen LogP contribution in [0.5, 0.6) is 0 Å². The van der Waals surface area contributed by atoms with Crippen LogP contribution in [0.15, 0.2) is 24.4 Å². The second-order valence-corrected chi connectivity index (χ2v) is 5.68. The number of halogens is 6. The van der Waals surface area contributed by atoms with Crippen LogP contribution >= 0.6 is 0 Å². The maximum Gasteiger partial charge on any atom is 0.418 e. The molecule has 1 heterocycles. The SMILES string of the molecule is N#Cc1cccc(-n2cc(C(F)(F)F)c3c2CCC(F)(F)C3O)c1F. The molecule has 1 atom stereocenters. The van der Waals surface area contributed by atoms with Gasteiger partial charge < -0.3 is 9.67 Å². The average molecular weight is 360 g/mol. The van der Waals surface area contributed by atoms with Crippen LogP contribution in [0.4, 0.5) is 26.3 Å². The van der Waals surface area contributed by atoms with Crippen LogP contribution in [0.1, 0.15) is 34.9 Å². The van der Waals surface area contributed by atoms with Gasteiger partial charge in [-0.05, 0) is 18.6 Å². The fourth-order valence-electron chi connectivity index (χ4n) is 2.99. The van der Waals surface area contributed by atoms with Crippen LogP contribution in [-0.2, 0) is 12.6 Å². The molecule has 1 aliphatic carbocycles. The van der Waals surface area contributed by atoms with Gasteiger partial charge in [-0.3, -0.25) is 0 Å². The molecule has 0 saturated carbocycles. The summed E-state index contributed by atoms with van der Waals surface area (Å²) in [6, 6.07) is 5.11. The van der Waals surface area contributed by atoms with Crippen molar-refractivity contribution in [1.82, 2.24) is 4.57 Å². The van der Waals surface area contributed by atoms with Crippen molar-refractivity contribution in [3.05, 3.63) is 52.6 Å². The van der Waals surface area contributed by atoms with E-state index < -0.39 is 53.6 Å². The van der Waals surface area contributed by atoms with Gasteiger partial charge in [0.05, 0.1) is 16.8 Å². The molecule has 2 aromatic rings. The van der Waals surface area contributed by atoms with Crippen molar-refractivity contribution in [2.24, 2.45) is 0 Å². The van der Waals surface area contributed by atoms with Gasteiger partial charge >= 0.3 is 6.18 Å². The lowest BCUT2D eigenvalue weighted by Crippen LogP contribution is -2.33. The third-order valence-electron chi connectivity index (χ3n) is 4.18. The number of aromatic nitrogens is 1. The van der Waals surface area contributed by atoms with Gasteiger partial charge in [0.15, 0.2) is 5.82 Å². The number of aliphatic hydroxyl groups is 1. The molecule has 1 aromatic heterocycles. The summed E-state index contributed by atoms with van der Waals surface area (Å²) in [6.45, 7) is 0. The van der Waals surface area contributed by atoms with Crippen molar-refractivity contribution < 1.29 is 31.4 Å². The van der Waals surface area contributed by atoms with Crippen molar-refractivity contribution >= 4 is 0 Å². The summed E-state index contributed by atoms with van der Waals surface area (Å²) >= 11 is 0. The number of rotatable bonds is 1. The van der Waals surface area contributed by atoms with E-state index in [4.69, 9.17) is 5.26 Å². The second kappa shape index (κ2) is 5.52. The molecule has 0 amide bonds. The molecule has 132 valence electrons. The Balaban J connectivity index is 2.30. The predicted octanol–water partition coefficient (Wildman–Crippen LogP) is 4.12. The number of aliphatic hydroxyl groups excluding tert-OH is 1. The van der Waals surface area contributed by atoms with Gasteiger partial charge in [-0.25, -0.2) is 13.2 Å². The van der Waals surface area contributed by atoms with E-state index in [0.29, 0.717) is 6.20 Å². The first-order valence-electron chi connectivity index (χ1n) is 7.14. The van der Waals surface area contributed by atoms with Gasteiger partial charge in [0.2, 0.25) is 0 Å². The highest BCUT2D eigenvalue weighted by Gasteiger charge is 2.50. The highest BCUT2D eigenvalue weighted by atomic mass is 19.4. The Morgan fingerprint density at radius 3 is 2.56 bits per heavy atom. The van der Waals surface area contributed by atoms with Crippen molar-refractivity contribution in [2.45, 2.75) is 31.0 Å². The lowest BCUT2D eigenvalue weighted by atomic mass is 9.89. The minimum Gasteiger partial charge on any atom is -0.382 e. The molecule has 0 fully saturated rings. The Kier molecular flexibility index (Phi) is 3.84. The van der Waals surface area contributed by atoms with E-state index in [2.05, 4.69) is 0 Å². The molecule has 0 spiro atoms. The van der Waals surface area contributed by atoms with Gasteiger partial charge in [-0.1, -0.05) is 6.07 Å². The summed E-state index contributed by atoms with van der Waals surface area (Å²) < 4.78 is 82.3. The number of nitrogens with zero attached hydrogens (tertiary/aromatic N) is 2. The fourth-order valence-corrected chi connectivity index (χ4v) is 2.99. The Bertz CT molecular complexity index is 878. The number of hydrogen-bond donors (Lipinski definition) is 1. The Labute approximate surface area is 137 Å². The zero-order chi connectivity index (χ0) is 18.6. The lowest BCUT2D eigenvalue weighted by Gasteiger charge is -2.29. The van der Waals surface area contributed by atoms with Crippen LogP contribution in [0.25, 0.3) is 5.69 Å². The highest BCUT2D eigenvalue weighted by Crippen LogP contribution is 2.48. The topological polar surface area (TPSA) is 49.0 Å². The highest BCUT2D eigenvalue weighted by molar-refractivity contribution is 5.50. The van der Waals surface area contributed by atoms with Crippen molar-refractivity contribution in [1.29, 1.82) is 5.26 Å². The molecule has 0 aliphatic heterocycles. The van der Waals surface area contributed by atoms with E-state index in [-0.39, 0.29) is 11.4 Å². The number of alkyl halides is 5. The fraction of sp³-hybridized carbons (Fsp3) is 0.312. The molecule has 1 unspecified atom stereocenters. The number of nitriles is 1. The van der Waals surface area contributed by atoms with Crippen LogP contribution in [0.3, 0.4) is 0 Å². The Hall–Kier alpha value is -2.47. The lowest BCUT2D eigenvalue weighted by molar-refractivity contribution is -0.147. The summed E-state index contributed by atoms with van der Waals surface area (Å²) in [5.74, 6) is -4.78. The van der Waals surface area contributed by atoms with Crippen molar-refractivity contribution in [3.63, 3.8) is 0 Å². The molecule has 1 aromatic carbocycles. The molecule has 3 nitrogen and oxygen atoms in total. The third kappa shape index (κ3) is 2.66. The van der Waals surface area contributed by atoms with Crippen LogP contribution in [0.2, 0.25) is 0 Å².